The van der Waals surface area contributed by atoms with Crippen molar-refractivity contribution < 1.29 is 14.6 Å². The molecule has 24 heavy (non-hydrogen) atoms. The molecule has 1 aromatic rings. The van der Waals surface area contributed by atoms with Gasteiger partial charge < -0.3 is 14.6 Å². The minimum atomic E-state index is -0.380. The Balaban J connectivity index is 1.63. The molecule has 0 radical (unpaired) electrons. The van der Waals surface area contributed by atoms with Gasteiger partial charge in [-0.2, -0.15) is 0 Å². The molecular weight excluding hydrogens is 304 g/mol. The lowest BCUT2D eigenvalue weighted by Crippen LogP contribution is -2.48. The van der Waals surface area contributed by atoms with E-state index in [0.29, 0.717) is 13.2 Å². The fraction of sp³-hybridized carbons (Fsp3) is 0.684. The van der Waals surface area contributed by atoms with Crippen LogP contribution in [0.1, 0.15) is 25.3 Å². The predicted octanol–water partition coefficient (Wildman–Crippen LogP) is 1.99. The van der Waals surface area contributed by atoms with Crippen molar-refractivity contribution in [1.82, 2.24) is 9.80 Å². The Morgan fingerprint density at radius 1 is 1.08 bits per heavy atom. The van der Waals surface area contributed by atoms with Crippen molar-refractivity contribution in [3.05, 3.63) is 29.8 Å². The maximum atomic E-state index is 10.1. The number of methoxy groups -OCH3 is 1. The van der Waals surface area contributed by atoms with E-state index in [-0.39, 0.29) is 6.10 Å². The number of piperazine rings is 1. The van der Waals surface area contributed by atoms with Crippen LogP contribution in [0.4, 0.5) is 0 Å². The van der Waals surface area contributed by atoms with E-state index < -0.39 is 0 Å². The van der Waals surface area contributed by atoms with E-state index in [1.807, 2.05) is 12.1 Å². The highest BCUT2D eigenvalue weighted by molar-refractivity contribution is 5.27. The predicted molar refractivity (Wildman–Crippen MR) is 96.4 cm³/mol. The fourth-order valence-corrected chi connectivity index (χ4v) is 2.94. The van der Waals surface area contributed by atoms with E-state index in [2.05, 4.69) is 28.9 Å². The lowest BCUT2D eigenvalue weighted by molar-refractivity contribution is 0.00588. The smallest absolute Gasteiger partial charge is 0.118 e. The van der Waals surface area contributed by atoms with Crippen molar-refractivity contribution >= 4 is 0 Å². The molecule has 1 heterocycles. The Hall–Kier alpha value is -1.14. The zero-order valence-corrected chi connectivity index (χ0v) is 15.1. The number of hydrogen-bond acceptors (Lipinski definition) is 5. The standard InChI is InChI=1S/C19H32N2O3/c1-3-4-13-24-16-18(22)15-21-11-9-20(10-12-21)14-17-5-7-19(23-2)8-6-17/h5-8,18,22H,3-4,9-16H2,1-2H3. The lowest BCUT2D eigenvalue weighted by Gasteiger charge is -2.35. The number of unbranched alkanes of at least 4 members (excludes halogenated alkanes) is 1. The number of hydrogen-bond donors (Lipinski definition) is 1. The largest absolute Gasteiger partial charge is 0.497 e. The first-order valence-electron chi connectivity index (χ1n) is 9.04. The summed E-state index contributed by atoms with van der Waals surface area (Å²) in [4.78, 5) is 4.79. The van der Waals surface area contributed by atoms with Crippen LogP contribution in [0.2, 0.25) is 0 Å². The summed E-state index contributed by atoms with van der Waals surface area (Å²) in [7, 11) is 1.69. The Bertz CT molecular complexity index is 444. The summed E-state index contributed by atoms with van der Waals surface area (Å²) in [5.41, 5.74) is 1.31. The van der Waals surface area contributed by atoms with Crippen molar-refractivity contribution in [2.75, 3.05) is 53.0 Å². The fourth-order valence-electron chi connectivity index (χ4n) is 2.94. The zero-order chi connectivity index (χ0) is 17.2. The molecule has 0 spiro atoms. The minimum absolute atomic E-state index is 0.380. The molecule has 0 aromatic heterocycles. The molecule has 136 valence electrons. The first-order chi connectivity index (χ1) is 11.7. The maximum absolute atomic E-state index is 10.1. The highest BCUT2D eigenvalue weighted by Gasteiger charge is 2.19. The molecule has 1 aliphatic rings. The van der Waals surface area contributed by atoms with Crippen molar-refractivity contribution in [2.24, 2.45) is 0 Å². The van der Waals surface area contributed by atoms with Gasteiger partial charge in [0.15, 0.2) is 0 Å². The molecule has 5 nitrogen and oxygen atoms in total. The van der Waals surface area contributed by atoms with Crippen molar-refractivity contribution in [3.8, 4) is 5.75 Å². The van der Waals surface area contributed by atoms with Crippen molar-refractivity contribution in [3.63, 3.8) is 0 Å². The second kappa shape index (κ2) is 10.7. The number of aliphatic hydroxyl groups is 1. The van der Waals surface area contributed by atoms with E-state index in [0.717, 1.165) is 57.9 Å². The molecule has 1 atom stereocenters. The molecule has 1 aliphatic heterocycles. The average Bonchev–Trinajstić information content (AvgIpc) is 2.61. The van der Waals surface area contributed by atoms with Gasteiger partial charge in [-0.25, -0.2) is 0 Å². The summed E-state index contributed by atoms with van der Waals surface area (Å²) in [6.45, 7) is 9.11. The summed E-state index contributed by atoms with van der Waals surface area (Å²) in [6, 6.07) is 8.28. The third-order valence-electron chi connectivity index (χ3n) is 4.45. The van der Waals surface area contributed by atoms with Gasteiger partial charge >= 0.3 is 0 Å². The van der Waals surface area contributed by atoms with Crippen LogP contribution < -0.4 is 4.74 Å². The molecule has 1 saturated heterocycles. The Kier molecular flexibility index (Phi) is 8.53. The normalized spacial score (nSPS) is 17.8. The van der Waals surface area contributed by atoms with Crippen LogP contribution >= 0.6 is 0 Å². The van der Waals surface area contributed by atoms with E-state index in [1.54, 1.807) is 7.11 Å². The van der Waals surface area contributed by atoms with Crippen LogP contribution in [0.25, 0.3) is 0 Å². The quantitative estimate of drug-likeness (QED) is 0.662. The lowest BCUT2D eigenvalue weighted by atomic mass is 10.2. The number of rotatable bonds is 10. The van der Waals surface area contributed by atoms with Gasteiger partial charge in [-0.3, -0.25) is 9.80 Å². The van der Waals surface area contributed by atoms with E-state index in [4.69, 9.17) is 9.47 Å². The van der Waals surface area contributed by atoms with Crippen molar-refractivity contribution in [1.29, 1.82) is 0 Å². The molecule has 2 rings (SSSR count). The molecule has 1 unspecified atom stereocenters. The molecular formula is C19H32N2O3. The number of benzene rings is 1. The van der Waals surface area contributed by atoms with E-state index in [1.165, 1.54) is 5.56 Å². The van der Waals surface area contributed by atoms with Gasteiger partial charge in [0, 0.05) is 45.9 Å². The minimum Gasteiger partial charge on any atom is -0.497 e. The summed E-state index contributed by atoms with van der Waals surface area (Å²) in [5, 5.41) is 10.1. The number of aliphatic hydroxyl groups excluding tert-OH is 1. The second-order valence-corrected chi connectivity index (χ2v) is 6.51. The molecule has 0 amide bonds. The summed E-state index contributed by atoms with van der Waals surface area (Å²) in [5.74, 6) is 0.902. The molecule has 1 fully saturated rings. The molecule has 0 bridgehead atoms. The number of ether oxygens (including phenoxy) is 2. The van der Waals surface area contributed by atoms with Crippen LogP contribution in [0.5, 0.6) is 5.75 Å². The van der Waals surface area contributed by atoms with Gasteiger partial charge in [-0.15, -0.1) is 0 Å². The van der Waals surface area contributed by atoms with Crippen LogP contribution in [-0.4, -0.2) is 74.1 Å². The van der Waals surface area contributed by atoms with Crippen LogP contribution in [0.3, 0.4) is 0 Å². The third kappa shape index (κ3) is 6.77. The van der Waals surface area contributed by atoms with Crippen molar-refractivity contribution in [2.45, 2.75) is 32.4 Å². The highest BCUT2D eigenvalue weighted by Crippen LogP contribution is 2.14. The van der Waals surface area contributed by atoms with Crippen LogP contribution in [0.15, 0.2) is 24.3 Å². The molecule has 1 aromatic carbocycles. The van der Waals surface area contributed by atoms with Gasteiger partial charge in [-0.05, 0) is 24.1 Å². The Morgan fingerprint density at radius 2 is 1.75 bits per heavy atom. The molecule has 5 heteroatoms. The molecule has 0 saturated carbocycles. The Labute approximate surface area is 146 Å². The van der Waals surface area contributed by atoms with Gasteiger partial charge in [-0.1, -0.05) is 25.5 Å². The number of nitrogens with zero attached hydrogens (tertiary/aromatic N) is 2. The summed E-state index contributed by atoms with van der Waals surface area (Å²) >= 11 is 0. The van der Waals surface area contributed by atoms with E-state index in [9.17, 15) is 5.11 Å². The summed E-state index contributed by atoms with van der Waals surface area (Å²) < 4.78 is 10.7. The number of β-amino-alcohol motifs (C(OH)–C–C–N with tert-alkyl or cyclic N) is 1. The van der Waals surface area contributed by atoms with Gasteiger partial charge in [0.05, 0.1) is 19.8 Å². The SMILES string of the molecule is CCCCOCC(O)CN1CCN(Cc2ccc(OC)cc2)CC1. The van der Waals surface area contributed by atoms with Gasteiger partial charge in [0.1, 0.15) is 5.75 Å². The second-order valence-electron chi connectivity index (χ2n) is 6.51. The van der Waals surface area contributed by atoms with Crippen LogP contribution in [0, 0.1) is 0 Å². The first-order valence-corrected chi connectivity index (χ1v) is 9.04. The van der Waals surface area contributed by atoms with Crippen LogP contribution in [-0.2, 0) is 11.3 Å². The monoisotopic (exact) mass is 336 g/mol. The zero-order valence-electron chi connectivity index (χ0n) is 15.1. The summed E-state index contributed by atoms with van der Waals surface area (Å²) in [6.07, 6.45) is 1.82. The molecule has 1 N–H and O–H groups in total. The Morgan fingerprint density at radius 3 is 2.38 bits per heavy atom. The highest BCUT2D eigenvalue weighted by atomic mass is 16.5. The topological polar surface area (TPSA) is 45.2 Å². The average molecular weight is 336 g/mol. The van der Waals surface area contributed by atoms with Gasteiger partial charge in [0.2, 0.25) is 0 Å². The van der Waals surface area contributed by atoms with E-state index >= 15 is 0 Å². The maximum Gasteiger partial charge on any atom is 0.118 e. The van der Waals surface area contributed by atoms with Gasteiger partial charge in [0.25, 0.3) is 0 Å². The first kappa shape index (κ1) is 19.2. The third-order valence-corrected chi connectivity index (χ3v) is 4.45. The molecule has 0 aliphatic carbocycles.